The lowest BCUT2D eigenvalue weighted by molar-refractivity contribution is -0.120. The molecule has 0 spiro atoms. The summed E-state index contributed by atoms with van der Waals surface area (Å²) in [6.07, 6.45) is 1.71. The summed E-state index contributed by atoms with van der Waals surface area (Å²) in [6.45, 7) is -0.0577. The quantitative estimate of drug-likeness (QED) is 0.846. The van der Waals surface area contributed by atoms with E-state index in [2.05, 4.69) is 4.98 Å². The van der Waals surface area contributed by atoms with E-state index in [0.717, 1.165) is 10.9 Å². The SMILES string of the molecule is N#CCC(=O)COc1cccc2[nH]ccc12. The molecular weight excluding hydrogens is 204 g/mol. The first-order valence-corrected chi connectivity index (χ1v) is 4.89. The zero-order valence-electron chi connectivity index (χ0n) is 8.56. The van der Waals surface area contributed by atoms with Gasteiger partial charge >= 0.3 is 0 Å². The maximum absolute atomic E-state index is 11.1. The lowest BCUT2D eigenvalue weighted by Crippen LogP contribution is -2.10. The standard InChI is InChI=1S/C12H10N2O2/c13-6-4-9(15)8-16-12-3-1-2-11-10(12)5-7-14-11/h1-3,5,7,14H,4,8H2. The number of rotatable bonds is 4. The van der Waals surface area contributed by atoms with Crippen molar-refractivity contribution in [1.29, 1.82) is 5.26 Å². The molecule has 2 rings (SSSR count). The summed E-state index contributed by atoms with van der Waals surface area (Å²) < 4.78 is 5.37. The number of aromatic nitrogens is 1. The van der Waals surface area contributed by atoms with Crippen molar-refractivity contribution >= 4 is 16.7 Å². The largest absolute Gasteiger partial charge is 0.485 e. The molecule has 0 amide bonds. The molecule has 1 aromatic carbocycles. The maximum Gasteiger partial charge on any atom is 0.184 e. The maximum atomic E-state index is 11.1. The van der Waals surface area contributed by atoms with Crippen molar-refractivity contribution in [1.82, 2.24) is 4.98 Å². The Bertz CT molecular complexity index is 551. The van der Waals surface area contributed by atoms with E-state index in [4.69, 9.17) is 10.00 Å². The summed E-state index contributed by atoms with van der Waals surface area (Å²) in [5.41, 5.74) is 0.963. The second-order valence-electron chi connectivity index (χ2n) is 3.36. The number of hydrogen-bond acceptors (Lipinski definition) is 3. The molecule has 4 nitrogen and oxygen atoms in total. The van der Waals surface area contributed by atoms with Crippen LogP contribution in [0.2, 0.25) is 0 Å². The number of benzene rings is 1. The van der Waals surface area contributed by atoms with E-state index >= 15 is 0 Å². The fourth-order valence-corrected chi connectivity index (χ4v) is 1.48. The average molecular weight is 214 g/mol. The Balaban J connectivity index is 2.13. The molecule has 16 heavy (non-hydrogen) atoms. The van der Waals surface area contributed by atoms with E-state index in [9.17, 15) is 4.79 Å². The van der Waals surface area contributed by atoms with E-state index < -0.39 is 0 Å². The molecule has 4 heteroatoms. The molecule has 0 aliphatic carbocycles. The number of fused-ring (bicyclic) bond motifs is 1. The van der Waals surface area contributed by atoms with Gasteiger partial charge in [0, 0.05) is 17.1 Å². The zero-order valence-corrected chi connectivity index (χ0v) is 8.56. The number of hydrogen-bond donors (Lipinski definition) is 1. The topological polar surface area (TPSA) is 65.9 Å². The highest BCUT2D eigenvalue weighted by atomic mass is 16.5. The Morgan fingerprint density at radius 2 is 2.31 bits per heavy atom. The number of nitriles is 1. The highest BCUT2D eigenvalue weighted by Gasteiger charge is 2.05. The van der Waals surface area contributed by atoms with Crippen LogP contribution in [0.4, 0.5) is 0 Å². The van der Waals surface area contributed by atoms with Gasteiger partial charge in [-0.1, -0.05) is 6.07 Å². The normalized spacial score (nSPS) is 9.94. The highest BCUT2D eigenvalue weighted by Crippen LogP contribution is 2.24. The molecule has 80 valence electrons. The first-order chi connectivity index (χ1) is 7.81. The van der Waals surface area contributed by atoms with Gasteiger partial charge in [0.15, 0.2) is 5.78 Å². The number of ketones is 1. The van der Waals surface area contributed by atoms with Crippen molar-refractivity contribution < 1.29 is 9.53 Å². The molecule has 0 aliphatic heterocycles. The van der Waals surface area contributed by atoms with Gasteiger partial charge in [-0.05, 0) is 18.2 Å². The van der Waals surface area contributed by atoms with Gasteiger partial charge in [0.05, 0.1) is 12.5 Å². The summed E-state index contributed by atoms with van der Waals surface area (Å²) in [5.74, 6) is 0.445. The number of H-pyrrole nitrogens is 1. The number of carbonyl (C=O) groups excluding carboxylic acids is 1. The molecule has 0 aliphatic rings. The molecule has 1 heterocycles. The number of aromatic amines is 1. The van der Waals surface area contributed by atoms with Crippen LogP contribution in [0.1, 0.15) is 6.42 Å². The Hall–Kier alpha value is -2.28. The van der Waals surface area contributed by atoms with Gasteiger partial charge < -0.3 is 9.72 Å². The van der Waals surface area contributed by atoms with Gasteiger partial charge in [-0.15, -0.1) is 0 Å². The smallest absolute Gasteiger partial charge is 0.184 e. The third-order valence-corrected chi connectivity index (χ3v) is 2.22. The molecule has 0 atom stereocenters. The van der Waals surface area contributed by atoms with Crippen molar-refractivity contribution in [2.24, 2.45) is 0 Å². The summed E-state index contributed by atoms with van der Waals surface area (Å²) in [7, 11) is 0. The summed E-state index contributed by atoms with van der Waals surface area (Å²) >= 11 is 0. The van der Waals surface area contributed by atoms with Crippen LogP contribution < -0.4 is 4.74 Å². The molecule has 0 unspecified atom stereocenters. The van der Waals surface area contributed by atoms with Gasteiger partial charge in [0.2, 0.25) is 0 Å². The molecule has 1 N–H and O–H groups in total. The third kappa shape index (κ3) is 2.04. The van der Waals surface area contributed by atoms with E-state index in [0.29, 0.717) is 5.75 Å². The minimum Gasteiger partial charge on any atom is -0.485 e. The van der Waals surface area contributed by atoms with E-state index in [1.54, 1.807) is 12.1 Å². The van der Waals surface area contributed by atoms with Crippen LogP contribution in [0.3, 0.4) is 0 Å². The van der Waals surface area contributed by atoms with Crippen molar-refractivity contribution in [2.75, 3.05) is 6.61 Å². The number of carbonyl (C=O) groups is 1. The Morgan fingerprint density at radius 3 is 3.12 bits per heavy atom. The minimum absolute atomic E-state index is 0.0577. The van der Waals surface area contributed by atoms with E-state index in [1.165, 1.54) is 0 Å². The molecular formula is C12H10N2O2. The van der Waals surface area contributed by atoms with Crippen LogP contribution in [-0.2, 0) is 4.79 Å². The molecule has 0 saturated carbocycles. The first-order valence-electron chi connectivity index (χ1n) is 4.89. The lowest BCUT2D eigenvalue weighted by atomic mass is 10.2. The van der Waals surface area contributed by atoms with Gasteiger partial charge in [-0.25, -0.2) is 0 Å². The van der Waals surface area contributed by atoms with Crippen LogP contribution in [0.15, 0.2) is 30.5 Å². The number of Topliss-reactive ketones (excluding diaryl/α,β-unsaturated/α-hetero) is 1. The molecule has 0 fully saturated rings. The minimum atomic E-state index is -0.213. The molecule has 2 aromatic rings. The second kappa shape index (κ2) is 4.49. The first kappa shape index (κ1) is 10.2. The Labute approximate surface area is 92.4 Å². The van der Waals surface area contributed by atoms with Crippen molar-refractivity contribution in [3.8, 4) is 11.8 Å². The zero-order chi connectivity index (χ0) is 11.4. The fourth-order valence-electron chi connectivity index (χ4n) is 1.48. The summed E-state index contributed by atoms with van der Waals surface area (Å²) in [4.78, 5) is 14.2. The fraction of sp³-hybridized carbons (Fsp3) is 0.167. The predicted octanol–water partition coefficient (Wildman–Crippen LogP) is 2.03. The van der Waals surface area contributed by atoms with Crippen LogP contribution in [0.5, 0.6) is 5.75 Å². The average Bonchev–Trinajstić information content (AvgIpc) is 2.75. The van der Waals surface area contributed by atoms with Crippen molar-refractivity contribution in [2.45, 2.75) is 6.42 Å². The van der Waals surface area contributed by atoms with Gasteiger partial charge in [-0.3, -0.25) is 4.79 Å². The Kier molecular flexibility index (Phi) is 2.88. The van der Waals surface area contributed by atoms with E-state index in [1.807, 2.05) is 24.4 Å². The summed E-state index contributed by atoms with van der Waals surface area (Å²) in [6, 6.07) is 9.27. The monoisotopic (exact) mass is 214 g/mol. The van der Waals surface area contributed by atoms with Crippen LogP contribution in [0, 0.1) is 11.3 Å². The third-order valence-electron chi connectivity index (χ3n) is 2.22. The molecule has 0 saturated heterocycles. The summed E-state index contributed by atoms with van der Waals surface area (Å²) in [5, 5.41) is 9.28. The Morgan fingerprint density at radius 1 is 1.44 bits per heavy atom. The van der Waals surface area contributed by atoms with Gasteiger partial charge in [0.25, 0.3) is 0 Å². The van der Waals surface area contributed by atoms with Crippen LogP contribution in [-0.4, -0.2) is 17.4 Å². The van der Waals surface area contributed by atoms with Gasteiger partial charge in [0.1, 0.15) is 12.4 Å². The molecule has 1 aromatic heterocycles. The van der Waals surface area contributed by atoms with Crippen LogP contribution in [0.25, 0.3) is 10.9 Å². The van der Waals surface area contributed by atoms with E-state index in [-0.39, 0.29) is 18.8 Å². The lowest BCUT2D eigenvalue weighted by Gasteiger charge is -2.05. The molecule has 0 bridgehead atoms. The van der Waals surface area contributed by atoms with Crippen molar-refractivity contribution in [3.63, 3.8) is 0 Å². The van der Waals surface area contributed by atoms with Crippen LogP contribution >= 0.6 is 0 Å². The predicted molar refractivity (Wildman–Crippen MR) is 59.0 cm³/mol. The highest BCUT2D eigenvalue weighted by molar-refractivity contribution is 5.87. The van der Waals surface area contributed by atoms with Crippen molar-refractivity contribution in [3.05, 3.63) is 30.5 Å². The number of nitrogens with zero attached hydrogens (tertiary/aromatic N) is 1. The number of ether oxygens (including phenoxy) is 1. The second-order valence-corrected chi connectivity index (χ2v) is 3.36. The number of nitrogens with one attached hydrogen (secondary N) is 1. The van der Waals surface area contributed by atoms with Gasteiger partial charge in [-0.2, -0.15) is 5.26 Å². The molecule has 0 radical (unpaired) electrons.